The van der Waals surface area contributed by atoms with Crippen molar-refractivity contribution >= 4 is 31.9 Å². The van der Waals surface area contributed by atoms with Crippen molar-refractivity contribution in [3.8, 4) is 0 Å². The van der Waals surface area contributed by atoms with Gasteiger partial charge in [0.05, 0.1) is 0 Å². The predicted molar refractivity (Wildman–Crippen MR) is 69.4 cm³/mol. The lowest BCUT2D eigenvalue weighted by atomic mass is 9.77. The summed E-state index contributed by atoms with van der Waals surface area (Å²) in [7, 11) is 0. The summed E-state index contributed by atoms with van der Waals surface area (Å²) < 4.78 is 1.66. The first-order chi connectivity index (χ1) is 7.74. The number of benzene rings is 1. The number of aromatic nitrogens is 2. The molecule has 80 valence electrons. The molecule has 0 bridgehead atoms. The summed E-state index contributed by atoms with van der Waals surface area (Å²) in [6.07, 6.45) is 1.04. The molecular formula is C12H8Br2N2. The molecule has 0 aliphatic heterocycles. The van der Waals surface area contributed by atoms with Gasteiger partial charge in [-0.25, -0.2) is 9.97 Å². The molecule has 0 radical (unpaired) electrons. The predicted octanol–water partition coefficient (Wildman–Crippen LogP) is 3.69. The van der Waals surface area contributed by atoms with E-state index in [1.54, 1.807) is 0 Å². The molecule has 1 aromatic heterocycles. The fourth-order valence-corrected chi connectivity index (χ4v) is 3.16. The number of halogens is 2. The highest BCUT2D eigenvalue weighted by Gasteiger charge is 2.29. The molecule has 0 fully saturated rings. The summed E-state index contributed by atoms with van der Waals surface area (Å²) in [5, 5.41) is 0. The fraction of sp³-hybridized carbons (Fsp3) is 0.167. The van der Waals surface area contributed by atoms with Gasteiger partial charge in [0.2, 0.25) is 0 Å². The minimum absolute atomic E-state index is 0.352. The van der Waals surface area contributed by atoms with Crippen LogP contribution in [0.2, 0.25) is 0 Å². The van der Waals surface area contributed by atoms with Crippen molar-refractivity contribution in [1.82, 2.24) is 9.97 Å². The standard InChI is InChI=1S/C12H8Br2N2/c13-10-6-11(14)16-12(15-10)9-5-7-3-1-2-4-8(7)9/h1-4,6,9H,5H2. The van der Waals surface area contributed by atoms with Crippen molar-refractivity contribution in [2.24, 2.45) is 0 Å². The van der Waals surface area contributed by atoms with Gasteiger partial charge in [0.1, 0.15) is 15.0 Å². The molecule has 0 saturated heterocycles. The van der Waals surface area contributed by atoms with Gasteiger partial charge in [0.15, 0.2) is 0 Å². The molecule has 2 nitrogen and oxygen atoms in total. The highest BCUT2D eigenvalue weighted by Crippen LogP contribution is 2.38. The summed E-state index contributed by atoms with van der Waals surface area (Å²) in [5.41, 5.74) is 2.76. The van der Waals surface area contributed by atoms with Crippen molar-refractivity contribution < 1.29 is 0 Å². The minimum atomic E-state index is 0.352. The van der Waals surface area contributed by atoms with E-state index in [0.717, 1.165) is 21.5 Å². The third kappa shape index (κ3) is 1.70. The van der Waals surface area contributed by atoms with Crippen molar-refractivity contribution in [3.63, 3.8) is 0 Å². The van der Waals surface area contributed by atoms with E-state index in [4.69, 9.17) is 0 Å². The van der Waals surface area contributed by atoms with Crippen molar-refractivity contribution in [1.29, 1.82) is 0 Å². The van der Waals surface area contributed by atoms with E-state index in [9.17, 15) is 0 Å². The van der Waals surface area contributed by atoms with Crippen LogP contribution in [0.15, 0.2) is 39.5 Å². The van der Waals surface area contributed by atoms with Gasteiger partial charge in [-0.3, -0.25) is 0 Å². The van der Waals surface area contributed by atoms with Gasteiger partial charge in [-0.05, 0) is 49.4 Å². The molecule has 1 unspecified atom stereocenters. The van der Waals surface area contributed by atoms with Crippen LogP contribution in [-0.4, -0.2) is 9.97 Å². The third-order valence-corrected chi connectivity index (χ3v) is 3.66. The highest BCUT2D eigenvalue weighted by atomic mass is 79.9. The van der Waals surface area contributed by atoms with Crippen LogP contribution in [-0.2, 0) is 6.42 Å². The van der Waals surface area contributed by atoms with Gasteiger partial charge in [-0.15, -0.1) is 0 Å². The minimum Gasteiger partial charge on any atom is -0.225 e. The van der Waals surface area contributed by atoms with Crippen molar-refractivity contribution in [2.75, 3.05) is 0 Å². The van der Waals surface area contributed by atoms with Crippen LogP contribution in [0.1, 0.15) is 22.9 Å². The molecule has 0 N–H and O–H groups in total. The third-order valence-electron chi connectivity index (χ3n) is 2.85. The second-order valence-electron chi connectivity index (χ2n) is 3.83. The van der Waals surface area contributed by atoms with E-state index in [1.165, 1.54) is 11.1 Å². The Morgan fingerprint density at radius 3 is 2.44 bits per heavy atom. The Balaban J connectivity index is 2.02. The zero-order valence-electron chi connectivity index (χ0n) is 8.32. The molecular weight excluding hydrogens is 332 g/mol. The van der Waals surface area contributed by atoms with Crippen molar-refractivity contribution in [3.05, 3.63) is 56.5 Å². The van der Waals surface area contributed by atoms with E-state index in [2.05, 4.69) is 66.1 Å². The number of hydrogen-bond acceptors (Lipinski definition) is 2. The lowest BCUT2D eigenvalue weighted by Gasteiger charge is -2.28. The fourth-order valence-electron chi connectivity index (χ4n) is 2.05. The molecule has 0 amide bonds. The summed E-state index contributed by atoms with van der Waals surface area (Å²) >= 11 is 6.79. The first kappa shape index (κ1) is 10.4. The summed E-state index contributed by atoms with van der Waals surface area (Å²) in [5.74, 6) is 1.24. The molecule has 2 aromatic rings. The van der Waals surface area contributed by atoms with E-state index in [-0.39, 0.29) is 0 Å². The molecule has 1 aliphatic carbocycles. The van der Waals surface area contributed by atoms with E-state index in [0.29, 0.717) is 5.92 Å². The van der Waals surface area contributed by atoms with E-state index in [1.807, 2.05) is 6.07 Å². The van der Waals surface area contributed by atoms with E-state index < -0.39 is 0 Å². The summed E-state index contributed by atoms with van der Waals surface area (Å²) in [6, 6.07) is 10.3. The van der Waals surface area contributed by atoms with Gasteiger partial charge >= 0.3 is 0 Å². The Morgan fingerprint density at radius 2 is 1.75 bits per heavy atom. The lowest BCUT2D eigenvalue weighted by Crippen LogP contribution is -2.20. The topological polar surface area (TPSA) is 25.8 Å². The lowest BCUT2D eigenvalue weighted by molar-refractivity contribution is 0.655. The first-order valence-corrected chi connectivity index (χ1v) is 6.60. The van der Waals surface area contributed by atoms with Gasteiger partial charge in [-0.2, -0.15) is 0 Å². The monoisotopic (exact) mass is 338 g/mol. The maximum atomic E-state index is 4.43. The van der Waals surface area contributed by atoms with Crippen LogP contribution in [0, 0.1) is 0 Å². The Bertz CT molecular complexity index is 534. The van der Waals surface area contributed by atoms with Gasteiger partial charge in [0.25, 0.3) is 0 Å². The number of rotatable bonds is 1. The largest absolute Gasteiger partial charge is 0.225 e. The van der Waals surface area contributed by atoms with Crippen LogP contribution >= 0.6 is 31.9 Å². The van der Waals surface area contributed by atoms with Gasteiger partial charge in [-0.1, -0.05) is 24.3 Å². The Kier molecular flexibility index (Phi) is 2.56. The molecule has 1 atom stereocenters. The average molecular weight is 340 g/mol. The number of nitrogens with zero attached hydrogens (tertiary/aromatic N) is 2. The van der Waals surface area contributed by atoms with Crippen LogP contribution < -0.4 is 0 Å². The second-order valence-corrected chi connectivity index (χ2v) is 5.45. The van der Waals surface area contributed by atoms with Gasteiger partial charge in [0, 0.05) is 12.0 Å². The molecule has 1 heterocycles. The maximum Gasteiger partial charge on any atom is 0.138 e. The molecule has 1 aromatic carbocycles. The molecule has 4 heteroatoms. The normalized spacial score (nSPS) is 17.8. The number of fused-ring (bicyclic) bond motifs is 1. The van der Waals surface area contributed by atoms with Crippen LogP contribution in [0.4, 0.5) is 0 Å². The summed E-state index contributed by atoms with van der Waals surface area (Å²) in [4.78, 5) is 8.86. The zero-order valence-corrected chi connectivity index (χ0v) is 11.5. The zero-order chi connectivity index (χ0) is 11.1. The van der Waals surface area contributed by atoms with Crippen LogP contribution in [0.25, 0.3) is 0 Å². The first-order valence-electron chi connectivity index (χ1n) is 5.02. The van der Waals surface area contributed by atoms with Crippen molar-refractivity contribution in [2.45, 2.75) is 12.3 Å². The molecule has 16 heavy (non-hydrogen) atoms. The molecule has 0 spiro atoms. The Morgan fingerprint density at radius 1 is 1.06 bits per heavy atom. The molecule has 3 rings (SSSR count). The highest BCUT2D eigenvalue weighted by molar-refractivity contribution is 9.11. The SMILES string of the molecule is Brc1cc(Br)nc(C2Cc3ccccc32)n1. The quantitative estimate of drug-likeness (QED) is 0.740. The maximum absolute atomic E-state index is 4.43. The Hall–Kier alpha value is -0.740. The molecule has 1 aliphatic rings. The van der Waals surface area contributed by atoms with Crippen LogP contribution in [0.3, 0.4) is 0 Å². The smallest absolute Gasteiger partial charge is 0.138 e. The average Bonchev–Trinajstić information content (AvgIpc) is 2.18. The molecule has 0 saturated carbocycles. The second kappa shape index (κ2) is 3.93. The van der Waals surface area contributed by atoms with Gasteiger partial charge < -0.3 is 0 Å². The number of hydrogen-bond donors (Lipinski definition) is 0. The Labute approximate surface area is 110 Å². The summed E-state index contributed by atoms with van der Waals surface area (Å²) in [6.45, 7) is 0. The van der Waals surface area contributed by atoms with Crippen LogP contribution in [0.5, 0.6) is 0 Å². The van der Waals surface area contributed by atoms with E-state index >= 15 is 0 Å².